The predicted molar refractivity (Wildman–Crippen MR) is 68.9 cm³/mol. The second-order valence-corrected chi connectivity index (χ2v) is 4.53. The highest BCUT2D eigenvalue weighted by atomic mass is 16.2. The fraction of sp³-hybridized carbons (Fsp3) is 0.357. The highest BCUT2D eigenvalue weighted by Gasteiger charge is 2.28. The van der Waals surface area contributed by atoms with Gasteiger partial charge in [-0.1, -0.05) is 30.3 Å². The highest BCUT2D eigenvalue weighted by molar-refractivity contribution is 5.91. The smallest absolute Gasteiger partial charge is 0.243 e. The van der Waals surface area contributed by atoms with Crippen LogP contribution in [0.4, 0.5) is 0 Å². The quantitative estimate of drug-likeness (QED) is 0.787. The third kappa shape index (κ3) is 3.64. The molecule has 5 nitrogen and oxygen atoms in total. The van der Waals surface area contributed by atoms with Crippen LogP contribution in [0.1, 0.15) is 18.4 Å². The summed E-state index contributed by atoms with van der Waals surface area (Å²) in [4.78, 5) is 33.8. The molecule has 1 radical (unpaired) electrons. The monoisotopic (exact) mass is 259 g/mol. The number of hydrogen-bond donors (Lipinski definition) is 2. The van der Waals surface area contributed by atoms with Gasteiger partial charge >= 0.3 is 0 Å². The summed E-state index contributed by atoms with van der Waals surface area (Å²) >= 11 is 0. The maximum absolute atomic E-state index is 11.8. The van der Waals surface area contributed by atoms with Gasteiger partial charge in [0.05, 0.1) is 6.04 Å². The molecule has 19 heavy (non-hydrogen) atoms. The van der Waals surface area contributed by atoms with E-state index in [2.05, 4.69) is 10.6 Å². The summed E-state index contributed by atoms with van der Waals surface area (Å²) in [5, 5.41) is 5.17. The third-order valence-electron chi connectivity index (χ3n) is 3.05. The fourth-order valence-electron chi connectivity index (χ4n) is 2.06. The molecule has 1 heterocycles. The fourth-order valence-corrected chi connectivity index (χ4v) is 2.06. The van der Waals surface area contributed by atoms with Crippen LogP contribution in [-0.2, 0) is 20.8 Å². The summed E-state index contributed by atoms with van der Waals surface area (Å²) in [5.74, 6) is -0.454. The van der Waals surface area contributed by atoms with E-state index >= 15 is 0 Å². The van der Waals surface area contributed by atoms with Gasteiger partial charge in [0.1, 0.15) is 6.04 Å². The Morgan fingerprint density at radius 3 is 2.74 bits per heavy atom. The molecule has 2 atom stereocenters. The van der Waals surface area contributed by atoms with E-state index in [1.807, 2.05) is 36.6 Å². The molecule has 0 unspecified atom stereocenters. The molecule has 1 aliphatic rings. The van der Waals surface area contributed by atoms with Crippen molar-refractivity contribution in [3.63, 3.8) is 0 Å². The number of nitrogens with one attached hydrogen (secondary N) is 2. The minimum absolute atomic E-state index is 0.130. The van der Waals surface area contributed by atoms with Crippen molar-refractivity contribution in [2.24, 2.45) is 0 Å². The summed E-state index contributed by atoms with van der Waals surface area (Å²) < 4.78 is 0. The van der Waals surface area contributed by atoms with Crippen LogP contribution in [0.15, 0.2) is 30.3 Å². The number of rotatable bonds is 5. The molecule has 0 aliphatic carbocycles. The maximum Gasteiger partial charge on any atom is 0.243 e. The molecular formula is C14H15N2O3. The molecule has 0 aromatic heterocycles. The predicted octanol–water partition coefficient (Wildman–Crippen LogP) is 0.102. The summed E-state index contributed by atoms with van der Waals surface area (Å²) in [6.45, 7) is 0. The SMILES string of the molecule is O=[C][C@H](Cc1ccccc1)NC(=O)[C@@H]1CCC(=O)N1. The minimum atomic E-state index is -0.688. The molecule has 0 saturated carbocycles. The molecule has 0 bridgehead atoms. The molecule has 1 saturated heterocycles. The lowest BCUT2D eigenvalue weighted by Gasteiger charge is -2.15. The van der Waals surface area contributed by atoms with Gasteiger partial charge in [-0.25, -0.2) is 0 Å². The van der Waals surface area contributed by atoms with Crippen LogP contribution in [0.2, 0.25) is 0 Å². The van der Waals surface area contributed by atoms with Crippen LogP contribution in [0, 0.1) is 0 Å². The molecule has 1 aliphatic heterocycles. The zero-order valence-corrected chi connectivity index (χ0v) is 10.4. The van der Waals surface area contributed by atoms with Crippen LogP contribution in [0.25, 0.3) is 0 Å². The van der Waals surface area contributed by atoms with Crippen molar-refractivity contribution in [3.8, 4) is 0 Å². The number of benzene rings is 1. The van der Waals surface area contributed by atoms with E-state index in [1.165, 1.54) is 0 Å². The Kier molecular flexibility index (Phi) is 4.28. The summed E-state index contributed by atoms with van der Waals surface area (Å²) in [6.07, 6.45) is 3.05. The number of carbonyl (C=O) groups excluding carboxylic acids is 3. The lowest BCUT2D eigenvalue weighted by Crippen LogP contribution is -2.47. The Balaban J connectivity index is 1.90. The molecule has 1 aromatic carbocycles. The summed E-state index contributed by atoms with van der Waals surface area (Å²) in [7, 11) is 0. The van der Waals surface area contributed by atoms with Gasteiger partial charge in [-0.05, 0) is 12.0 Å². The van der Waals surface area contributed by atoms with Crippen molar-refractivity contribution in [3.05, 3.63) is 35.9 Å². The van der Waals surface area contributed by atoms with E-state index in [0.29, 0.717) is 19.3 Å². The van der Waals surface area contributed by atoms with Crippen LogP contribution in [0.5, 0.6) is 0 Å². The van der Waals surface area contributed by atoms with Gasteiger partial charge in [-0.15, -0.1) is 0 Å². The Bertz CT molecular complexity index is 473. The topological polar surface area (TPSA) is 75.3 Å². The van der Waals surface area contributed by atoms with Gasteiger partial charge in [-0.2, -0.15) is 0 Å². The first-order valence-corrected chi connectivity index (χ1v) is 6.20. The van der Waals surface area contributed by atoms with E-state index in [9.17, 15) is 14.4 Å². The highest BCUT2D eigenvalue weighted by Crippen LogP contribution is 2.07. The zero-order valence-electron chi connectivity index (χ0n) is 10.4. The van der Waals surface area contributed by atoms with Gasteiger partial charge in [0.25, 0.3) is 0 Å². The van der Waals surface area contributed by atoms with Crippen molar-refractivity contribution >= 4 is 18.1 Å². The third-order valence-corrected chi connectivity index (χ3v) is 3.05. The van der Waals surface area contributed by atoms with Crippen molar-refractivity contribution in [1.82, 2.24) is 10.6 Å². The van der Waals surface area contributed by atoms with E-state index in [4.69, 9.17) is 0 Å². The maximum atomic E-state index is 11.8. The Labute approximate surface area is 111 Å². The molecule has 0 spiro atoms. The number of carbonyl (C=O) groups is 2. The van der Waals surface area contributed by atoms with Gasteiger partial charge in [0, 0.05) is 12.8 Å². The lowest BCUT2D eigenvalue weighted by molar-refractivity contribution is -0.126. The molecule has 2 rings (SSSR count). The Hall–Kier alpha value is -2.17. The van der Waals surface area contributed by atoms with E-state index < -0.39 is 12.1 Å². The second-order valence-electron chi connectivity index (χ2n) is 4.53. The van der Waals surface area contributed by atoms with E-state index in [-0.39, 0.29) is 11.8 Å². The van der Waals surface area contributed by atoms with E-state index in [1.54, 1.807) is 0 Å². The normalized spacial score (nSPS) is 19.6. The Morgan fingerprint density at radius 2 is 2.16 bits per heavy atom. The first kappa shape index (κ1) is 13.3. The van der Waals surface area contributed by atoms with Gasteiger partial charge in [0.15, 0.2) is 0 Å². The van der Waals surface area contributed by atoms with Gasteiger partial charge in [0.2, 0.25) is 18.1 Å². The average molecular weight is 259 g/mol. The first-order chi connectivity index (χ1) is 9.19. The molecule has 99 valence electrons. The van der Waals surface area contributed by atoms with Crippen molar-refractivity contribution < 1.29 is 14.4 Å². The molecular weight excluding hydrogens is 244 g/mol. The molecule has 5 heteroatoms. The molecule has 1 fully saturated rings. The first-order valence-electron chi connectivity index (χ1n) is 6.20. The number of hydrogen-bond acceptors (Lipinski definition) is 3. The largest absolute Gasteiger partial charge is 0.344 e. The number of amides is 2. The average Bonchev–Trinajstić information content (AvgIpc) is 2.86. The molecule has 2 amide bonds. The van der Waals surface area contributed by atoms with Gasteiger partial charge in [-0.3, -0.25) is 14.4 Å². The van der Waals surface area contributed by atoms with E-state index in [0.717, 1.165) is 5.56 Å². The summed E-state index contributed by atoms with van der Waals surface area (Å²) in [5.41, 5.74) is 0.951. The standard InChI is InChI=1S/C14H15N2O3/c17-9-11(8-10-4-2-1-3-5-10)15-14(19)12-6-7-13(18)16-12/h1-5,11-12H,6-8H2,(H,15,19)(H,16,18)/t11-,12-/m0/s1. The van der Waals surface area contributed by atoms with Crippen LogP contribution < -0.4 is 10.6 Å². The Morgan fingerprint density at radius 1 is 1.42 bits per heavy atom. The minimum Gasteiger partial charge on any atom is -0.344 e. The molecule has 2 N–H and O–H groups in total. The lowest BCUT2D eigenvalue weighted by atomic mass is 10.1. The van der Waals surface area contributed by atoms with Crippen molar-refractivity contribution in [2.75, 3.05) is 0 Å². The summed E-state index contributed by atoms with van der Waals surface area (Å²) in [6, 6.07) is 8.18. The van der Waals surface area contributed by atoms with Crippen LogP contribution >= 0.6 is 0 Å². The van der Waals surface area contributed by atoms with Crippen molar-refractivity contribution in [1.29, 1.82) is 0 Å². The van der Waals surface area contributed by atoms with Crippen molar-refractivity contribution in [2.45, 2.75) is 31.3 Å². The zero-order chi connectivity index (χ0) is 13.7. The second kappa shape index (κ2) is 6.13. The molecule has 1 aromatic rings. The van der Waals surface area contributed by atoms with Crippen LogP contribution in [-0.4, -0.2) is 30.2 Å². The van der Waals surface area contributed by atoms with Crippen LogP contribution in [0.3, 0.4) is 0 Å². The van der Waals surface area contributed by atoms with Gasteiger partial charge < -0.3 is 10.6 Å².